The standard InChI is InChI=1S/C37H29FN4O4S/c38-30-17-9-7-15-26(30)23-32(42-35(44)25-13-5-2-6-14-25)36(45)40-27-19-21-28(22-20-27)47-33(24-11-3-1-4-12-24)37(46)41-31-18-10-8-16-29(31)34(39)43/h1-23,33H,(H2,39,43)(H,40,45)(H,41,46)(H,42,44)/b32-23-. The first-order valence-electron chi connectivity index (χ1n) is 14.4. The minimum absolute atomic E-state index is 0.126. The number of amides is 4. The Morgan fingerprint density at radius 2 is 1.32 bits per heavy atom. The largest absolute Gasteiger partial charge is 0.366 e. The minimum atomic E-state index is -0.693. The smallest absolute Gasteiger partial charge is 0.272 e. The van der Waals surface area contributed by atoms with Crippen molar-refractivity contribution in [2.24, 2.45) is 5.73 Å². The van der Waals surface area contributed by atoms with Crippen LogP contribution in [-0.4, -0.2) is 23.6 Å². The van der Waals surface area contributed by atoms with Crippen LogP contribution in [0.3, 0.4) is 0 Å². The van der Waals surface area contributed by atoms with E-state index in [1.807, 2.05) is 30.3 Å². The summed E-state index contributed by atoms with van der Waals surface area (Å²) >= 11 is 1.28. The molecule has 0 aliphatic carbocycles. The number of primary amides is 1. The average Bonchev–Trinajstić information content (AvgIpc) is 3.09. The van der Waals surface area contributed by atoms with Crippen LogP contribution < -0.4 is 21.7 Å². The van der Waals surface area contributed by atoms with Gasteiger partial charge in [-0.05, 0) is 66.2 Å². The van der Waals surface area contributed by atoms with Crippen molar-refractivity contribution in [1.29, 1.82) is 0 Å². The van der Waals surface area contributed by atoms with E-state index >= 15 is 0 Å². The van der Waals surface area contributed by atoms with Gasteiger partial charge in [-0.2, -0.15) is 0 Å². The first-order valence-corrected chi connectivity index (χ1v) is 15.3. The molecule has 0 spiro atoms. The Morgan fingerprint density at radius 1 is 0.702 bits per heavy atom. The monoisotopic (exact) mass is 644 g/mol. The van der Waals surface area contributed by atoms with Gasteiger partial charge in [-0.15, -0.1) is 11.8 Å². The second-order valence-electron chi connectivity index (χ2n) is 10.2. The van der Waals surface area contributed by atoms with Crippen LogP contribution in [0.4, 0.5) is 15.8 Å². The van der Waals surface area contributed by atoms with Gasteiger partial charge in [0.2, 0.25) is 5.91 Å². The number of hydrogen-bond donors (Lipinski definition) is 4. The fraction of sp³-hybridized carbons (Fsp3) is 0.0270. The lowest BCUT2D eigenvalue weighted by Gasteiger charge is -2.18. The lowest BCUT2D eigenvalue weighted by Crippen LogP contribution is -2.30. The van der Waals surface area contributed by atoms with E-state index in [2.05, 4.69) is 16.0 Å². The Bertz CT molecular complexity index is 1930. The molecule has 0 heterocycles. The maximum atomic E-state index is 14.5. The molecule has 0 aliphatic rings. The van der Waals surface area contributed by atoms with E-state index in [-0.39, 0.29) is 22.7 Å². The van der Waals surface area contributed by atoms with E-state index in [4.69, 9.17) is 5.73 Å². The first kappa shape index (κ1) is 32.4. The maximum absolute atomic E-state index is 14.5. The molecular weight excluding hydrogens is 615 g/mol. The topological polar surface area (TPSA) is 130 Å². The first-order chi connectivity index (χ1) is 22.8. The summed E-state index contributed by atoms with van der Waals surface area (Å²) in [7, 11) is 0. The molecule has 1 unspecified atom stereocenters. The summed E-state index contributed by atoms with van der Waals surface area (Å²) in [4.78, 5) is 52.4. The summed E-state index contributed by atoms with van der Waals surface area (Å²) in [5, 5.41) is 7.47. The van der Waals surface area contributed by atoms with Gasteiger partial charge in [0.25, 0.3) is 17.7 Å². The van der Waals surface area contributed by atoms with Gasteiger partial charge in [0, 0.05) is 21.7 Å². The number of halogens is 1. The Labute approximate surface area is 274 Å². The molecule has 5 N–H and O–H groups in total. The number of para-hydroxylation sites is 1. The third kappa shape index (κ3) is 8.59. The van der Waals surface area contributed by atoms with Crippen molar-refractivity contribution in [2.75, 3.05) is 10.6 Å². The molecule has 0 fully saturated rings. The Kier molecular flexibility index (Phi) is 10.6. The van der Waals surface area contributed by atoms with E-state index in [0.717, 1.165) is 10.5 Å². The van der Waals surface area contributed by atoms with Crippen LogP contribution >= 0.6 is 11.8 Å². The lowest BCUT2D eigenvalue weighted by atomic mass is 10.1. The van der Waals surface area contributed by atoms with Crippen LogP contribution in [0.15, 0.2) is 144 Å². The molecule has 0 bridgehead atoms. The molecular formula is C37H29FN4O4S. The van der Waals surface area contributed by atoms with Gasteiger partial charge >= 0.3 is 0 Å². The molecule has 0 saturated heterocycles. The van der Waals surface area contributed by atoms with Crippen LogP contribution in [0.1, 0.15) is 37.1 Å². The molecule has 4 amide bonds. The fourth-order valence-corrected chi connectivity index (χ4v) is 5.57. The van der Waals surface area contributed by atoms with Crippen LogP contribution in [0.5, 0.6) is 0 Å². The van der Waals surface area contributed by atoms with E-state index in [1.54, 1.807) is 84.9 Å². The average molecular weight is 645 g/mol. The van der Waals surface area contributed by atoms with Gasteiger partial charge in [-0.25, -0.2) is 4.39 Å². The number of hydrogen-bond acceptors (Lipinski definition) is 5. The Hall–Kier alpha value is -6.00. The minimum Gasteiger partial charge on any atom is -0.366 e. The molecule has 5 rings (SSSR count). The van der Waals surface area contributed by atoms with Crippen molar-refractivity contribution in [3.63, 3.8) is 0 Å². The zero-order valence-corrected chi connectivity index (χ0v) is 25.7. The van der Waals surface area contributed by atoms with Crippen LogP contribution in [0.2, 0.25) is 0 Å². The zero-order chi connectivity index (χ0) is 33.2. The maximum Gasteiger partial charge on any atom is 0.272 e. The Balaban J connectivity index is 1.34. The summed E-state index contributed by atoms with van der Waals surface area (Å²) in [6.07, 6.45) is 1.27. The Morgan fingerprint density at radius 3 is 2.00 bits per heavy atom. The fourth-order valence-electron chi connectivity index (χ4n) is 4.55. The third-order valence-corrected chi connectivity index (χ3v) is 8.16. The highest BCUT2D eigenvalue weighted by Gasteiger charge is 2.24. The van der Waals surface area contributed by atoms with Gasteiger partial charge < -0.3 is 21.7 Å². The number of carbonyl (C=O) groups excluding carboxylic acids is 4. The molecule has 0 aliphatic heterocycles. The summed E-state index contributed by atoms with van der Waals surface area (Å²) in [6, 6.07) is 36.7. The SMILES string of the molecule is NC(=O)c1ccccc1NC(=O)C(Sc1ccc(NC(=O)/C(=C/c2ccccc2F)NC(=O)c2ccccc2)cc1)c1ccccc1. The molecule has 47 heavy (non-hydrogen) atoms. The van der Waals surface area contributed by atoms with Crippen molar-refractivity contribution in [2.45, 2.75) is 10.1 Å². The van der Waals surface area contributed by atoms with Gasteiger partial charge in [-0.1, -0.05) is 78.9 Å². The second kappa shape index (κ2) is 15.3. The second-order valence-corrected chi connectivity index (χ2v) is 11.4. The highest BCUT2D eigenvalue weighted by molar-refractivity contribution is 8.00. The highest BCUT2D eigenvalue weighted by atomic mass is 32.2. The van der Waals surface area contributed by atoms with Crippen molar-refractivity contribution in [3.8, 4) is 0 Å². The van der Waals surface area contributed by atoms with Gasteiger partial charge in [0.05, 0.1) is 11.3 Å². The van der Waals surface area contributed by atoms with Crippen molar-refractivity contribution >= 4 is 52.8 Å². The number of nitrogens with two attached hydrogens (primary N) is 1. The molecule has 8 nitrogen and oxygen atoms in total. The van der Waals surface area contributed by atoms with Crippen LogP contribution in [0.25, 0.3) is 6.08 Å². The number of thioether (sulfide) groups is 1. The predicted octanol–water partition coefficient (Wildman–Crippen LogP) is 6.81. The third-order valence-electron chi connectivity index (χ3n) is 6.89. The number of benzene rings is 5. The lowest BCUT2D eigenvalue weighted by molar-refractivity contribution is -0.116. The summed E-state index contributed by atoms with van der Waals surface area (Å²) in [5.41, 5.74) is 7.45. The number of carbonyl (C=O) groups is 4. The summed E-state index contributed by atoms with van der Waals surface area (Å²) in [5.74, 6) is -2.76. The van der Waals surface area contributed by atoms with Gasteiger partial charge in [-0.3, -0.25) is 19.2 Å². The highest BCUT2D eigenvalue weighted by Crippen LogP contribution is 2.37. The van der Waals surface area contributed by atoms with Crippen molar-refractivity contribution in [3.05, 3.63) is 167 Å². The van der Waals surface area contributed by atoms with E-state index < -0.39 is 28.8 Å². The number of anilines is 2. The molecule has 0 saturated carbocycles. The summed E-state index contributed by atoms with van der Waals surface area (Å²) < 4.78 is 14.5. The molecule has 0 radical (unpaired) electrons. The molecule has 5 aromatic rings. The van der Waals surface area contributed by atoms with E-state index in [0.29, 0.717) is 16.9 Å². The molecule has 10 heteroatoms. The zero-order valence-electron chi connectivity index (χ0n) is 24.9. The van der Waals surface area contributed by atoms with E-state index in [9.17, 15) is 23.6 Å². The van der Waals surface area contributed by atoms with Crippen molar-refractivity contribution < 1.29 is 23.6 Å². The quantitative estimate of drug-likeness (QED) is 0.0928. The molecule has 5 aromatic carbocycles. The number of rotatable bonds is 11. The van der Waals surface area contributed by atoms with Gasteiger partial charge in [0.15, 0.2) is 0 Å². The summed E-state index contributed by atoms with van der Waals surface area (Å²) in [6.45, 7) is 0. The van der Waals surface area contributed by atoms with Gasteiger partial charge in [0.1, 0.15) is 16.8 Å². The molecule has 0 aromatic heterocycles. The molecule has 1 atom stereocenters. The van der Waals surface area contributed by atoms with Crippen molar-refractivity contribution in [1.82, 2.24) is 5.32 Å². The normalized spacial score (nSPS) is 11.6. The molecule has 234 valence electrons. The van der Waals surface area contributed by atoms with Crippen LogP contribution in [-0.2, 0) is 9.59 Å². The van der Waals surface area contributed by atoms with Crippen LogP contribution in [0, 0.1) is 5.82 Å². The predicted molar refractivity (Wildman–Crippen MR) is 182 cm³/mol. The number of nitrogens with one attached hydrogen (secondary N) is 3. The van der Waals surface area contributed by atoms with E-state index in [1.165, 1.54) is 36.0 Å².